The van der Waals surface area contributed by atoms with Crippen molar-refractivity contribution in [2.24, 2.45) is 0 Å². The van der Waals surface area contributed by atoms with E-state index in [2.05, 4.69) is 15.2 Å². The lowest BCUT2D eigenvalue weighted by molar-refractivity contribution is 0.0272. The van der Waals surface area contributed by atoms with Crippen LogP contribution in [0.1, 0.15) is 59.3 Å². The van der Waals surface area contributed by atoms with Crippen LogP contribution >= 0.6 is 0 Å². The van der Waals surface area contributed by atoms with E-state index in [0.717, 1.165) is 11.3 Å². The lowest BCUT2D eigenvalue weighted by Crippen LogP contribution is -2.11. The van der Waals surface area contributed by atoms with E-state index in [4.69, 9.17) is 9.15 Å². The number of aliphatic hydroxyl groups excluding tert-OH is 1. The van der Waals surface area contributed by atoms with Gasteiger partial charge < -0.3 is 19.2 Å². The Hall–Kier alpha value is -2.93. The minimum absolute atomic E-state index is 0.217. The molecule has 3 rings (SSSR count). The molecule has 7 nitrogen and oxygen atoms in total. The Morgan fingerprint density at radius 3 is 2.50 bits per heavy atom. The Morgan fingerprint density at radius 2 is 1.88 bits per heavy atom. The van der Waals surface area contributed by atoms with Crippen LogP contribution < -0.4 is 0 Å². The first-order valence-corrected chi connectivity index (χ1v) is 8.35. The fourth-order valence-electron chi connectivity index (χ4n) is 2.96. The van der Waals surface area contributed by atoms with Crippen molar-refractivity contribution in [1.29, 1.82) is 0 Å². The molecule has 2 aromatic heterocycles. The summed E-state index contributed by atoms with van der Waals surface area (Å²) in [5, 5.41) is 17.8. The summed E-state index contributed by atoms with van der Waals surface area (Å²) >= 11 is 0. The molecule has 2 atom stereocenters. The Labute approximate surface area is 151 Å². The van der Waals surface area contributed by atoms with E-state index in [1.54, 1.807) is 27.7 Å². The highest BCUT2D eigenvalue weighted by Gasteiger charge is 2.25. The van der Waals surface area contributed by atoms with Gasteiger partial charge in [0.15, 0.2) is 6.10 Å². The van der Waals surface area contributed by atoms with Crippen molar-refractivity contribution in [3.8, 4) is 11.5 Å². The standard InChI is InChI=1S/C19H21N3O4/c1-10-15(12(3)23)11(2)20-16(10)19(24)25-13(4)17-21-22-18(26-17)14-8-6-5-7-9-14/h5-9,12-13,20,23H,1-4H3/t12-,13-/m0/s1. The summed E-state index contributed by atoms with van der Waals surface area (Å²) in [5.74, 6) is 0.0464. The summed E-state index contributed by atoms with van der Waals surface area (Å²) in [6, 6.07) is 9.36. The SMILES string of the molecule is Cc1[nH]c(C(=O)O[C@@H](C)c2nnc(-c3ccccc3)o2)c(C)c1[C@H](C)O. The maximum Gasteiger partial charge on any atom is 0.355 e. The van der Waals surface area contributed by atoms with Crippen molar-refractivity contribution in [3.63, 3.8) is 0 Å². The average molecular weight is 355 g/mol. The maximum absolute atomic E-state index is 12.5. The third-order valence-electron chi connectivity index (χ3n) is 4.21. The maximum atomic E-state index is 12.5. The van der Waals surface area contributed by atoms with Crippen molar-refractivity contribution in [2.45, 2.75) is 39.9 Å². The van der Waals surface area contributed by atoms with Gasteiger partial charge in [-0.1, -0.05) is 18.2 Å². The van der Waals surface area contributed by atoms with E-state index in [1.807, 2.05) is 30.3 Å². The van der Waals surface area contributed by atoms with Crippen LogP contribution in [0.3, 0.4) is 0 Å². The minimum Gasteiger partial charge on any atom is -0.448 e. The average Bonchev–Trinajstić information content (AvgIpc) is 3.20. The number of esters is 1. The first-order chi connectivity index (χ1) is 12.4. The molecule has 2 N–H and O–H groups in total. The molecular weight excluding hydrogens is 334 g/mol. The number of H-pyrrole nitrogens is 1. The summed E-state index contributed by atoms with van der Waals surface area (Å²) in [6.45, 7) is 6.90. The molecule has 0 saturated heterocycles. The Balaban J connectivity index is 1.76. The van der Waals surface area contributed by atoms with E-state index in [-0.39, 0.29) is 5.89 Å². The van der Waals surface area contributed by atoms with Crippen LogP contribution in [0.15, 0.2) is 34.7 Å². The van der Waals surface area contributed by atoms with Gasteiger partial charge >= 0.3 is 5.97 Å². The normalized spacial score (nSPS) is 13.4. The van der Waals surface area contributed by atoms with Crippen LogP contribution in [0.25, 0.3) is 11.5 Å². The zero-order chi connectivity index (χ0) is 18.8. The number of rotatable bonds is 5. The molecule has 3 aromatic rings. The molecule has 26 heavy (non-hydrogen) atoms. The fourth-order valence-corrected chi connectivity index (χ4v) is 2.96. The molecule has 0 aliphatic rings. The Kier molecular flexibility index (Phi) is 4.90. The van der Waals surface area contributed by atoms with Gasteiger partial charge in [-0.15, -0.1) is 10.2 Å². The number of hydrogen-bond donors (Lipinski definition) is 2. The van der Waals surface area contributed by atoms with Crippen molar-refractivity contribution >= 4 is 5.97 Å². The highest BCUT2D eigenvalue weighted by molar-refractivity contribution is 5.90. The zero-order valence-corrected chi connectivity index (χ0v) is 15.1. The minimum atomic E-state index is -0.703. The topological polar surface area (TPSA) is 101 Å². The second kappa shape index (κ2) is 7.13. The second-order valence-corrected chi connectivity index (χ2v) is 6.20. The van der Waals surface area contributed by atoms with Crippen molar-refractivity contribution in [2.75, 3.05) is 0 Å². The molecule has 0 unspecified atom stereocenters. The number of aromatic nitrogens is 3. The predicted molar refractivity (Wildman–Crippen MR) is 94.5 cm³/mol. The van der Waals surface area contributed by atoms with Crippen molar-refractivity contribution in [1.82, 2.24) is 15.2 Å². The van der Waals surface area contributed by atoms with E-state index >= 15 is 0 Å². The van der Waals surface area contributed by atoms with Crippen LogP contribution in [-0.4, -0.2) is 26.3 Å². The monoisotopic (exact) mass is 355 g/mol. The molecule has 136 valence electrons. The number of ether oxygens (including phenoxy) is 1. The third kappa shape index (κ3) is 3.39. The summed E-state index contributed by atoms with van der Waals surface area (Å²) in [6.07, 6.45) is -1.37. The van der Waals surface area contributed by atoms with Gasteiger partial charge in [0.2, 0.25) is 5.89 Å². The third-order valence-corrected chi connectivity index (χ3v) is 4.21. The number of nitrogens with zero attached hydrogens (tertiary/aromatic N) is 2. The molecule has 0 fully saturated rings. The molecule has 0 radical (unpaired) electrons. The second-order valence-electron chi connectivity index (χ2n) is 6.20. The van der Waals surface area contributed by atoms with Crippen LogP contribution in [0.5, 0.6) is 0 Å². The number of aromatic amines is 1. The van der Waals surface area contributed by atoms with E-state index in [1.165, 1.54) is 0 Å². The highest BCUT2D eigenvalue weighted by Crippen LogP contribution is 2.27. The summed E-state index contributed by atoms with van der Waals surface area (Å²) in [5.41, 5.74) is 3.22. The lowest BCUT2D eigenvalue weighted by atomic mass is 10.1. The van der Waals surface area contributed by atoms with Crippen LogP contribution in [0, 0.1) is 13.8 Å². The van der Waals surface area contributed by atoms with Crippen LogP contribution in [0.2, 0.25) is 0 Å². The number of carbonyl (C=O) groups is 1. The number of aryl methyl sites for hydroxylation is 1. The quantitative estimate of drug-likeness (QED) is 0.677. The number of nitrogens with one attached hydrogen (secondary N) is 1. The molecule has 0 aliphatic carbocycles. The molecular formula is C19H21N3O4. The summed E-state index contributed by atoms with van der Waals surface area (Å²) in [7, 11) is 0. The van der Waals surface area contributed by atoms with Gasteiger partial charge in [-0.3, -0.25) is 0 Å². The molecule has 0 spiro atoms. The molecule has 1 aromatic carbocycles. The van der Waals surface area contributed by atoms with Gasteiger partial charge in [-0.25, -0.2) is 4.79 Å². The number of hydrogen-bond acceptors (Lipinski definition) is 6. The van der Waals surface area contributed by atoms with Crippen molar-refractivity contribution < 1.29 is 19.1 Å². The van der Waals surface area contributed by atoms with E-state index in [9.17, 15) is 9.90 Å². The molecule has 0 saturated carbocycles. The highest BCUT2D eigenvalue weighted by atomic mass is 16.6. The van der Waals surface area contributed by atoms with Gasteiger partial charge in [-0.05, 0) is 45.4 Å². The summed E-state index contributed by atoms with van der Waals surface area (Å²) < 4.78 is 11.1. The predicted octanol–water partition coefficient (Wildman–Crippen LogP) is 3.65. The first-order valence-electron chi connectivity index (χ1n) is 8.35. The number of carbonyl (C=O) groups excluding carboxylic acids is 1. The van der Waals surface area contributed by atoms with Crippen LogP contribution in [0.4, 0.5) is 0 Å². The van der Waals surface area contributed by atoms with E-state index < -0.39 is 18.2 Å². The lowest BCUT2D eigenvalue weighted by Gasteiger charge is -2.09. The van der Waals surface area contributed by atoms with Crippen molar-refractivity contribution in [3.05, 3.63) is 58.7 Å². The smallest absolute Gasteiger partial charge is 0.355 e. The fraction of sp³-hybridized carbons (Fsp3) is 0.316. The van der Waals surface area contributed by atoms with Gasteiger partial charge in [0, 0.05) is 16.8 Å². The van der Waals surface area contributed by atoms with Gasteiger partial charge in [0.05, 0.1) is 6.10 Å². The molecule has 0 bridgehead atoms. The molecule has 0 amide bonds. The van der Waals surface area contributed by atoms with Gasteiger partial charge in [0.25, 0.3) is 5.89 Å². The van der Waals surface area contributed by atoms with Crippen LogP contribution in [-0.2, 0) is 4.74 Å². The Morgan fingerprint density at radius 1 is 1.19 bits per heavy atom. The van der Waals surface area contributed by atoms with E-state index in [0.29, 0.717) is 22.7 Å². The Bertz CT molecular complexity index is 912. The molecule has 7 heteroatoms. The zero-order valence-electron chi connectivity index (χ0n) is 15.1. The van der Waals surface area contributed by atoms with Gasteiger partial charge in [0.1, 0.15) is 5.69 Å². The first kappa shape index (κ1) is 17.9. The van der Waals surface area contributed by atoms with Gasteiger partial charge in [-0.2, -0.15) is 0 Å². The number of benzene rings is 1. The summed E-state index contributed by atoms with van der Waals surface area (Å²) in [4.78, 5) is 15.5. The molecule has 0 aliphatic heterocycles. The number of aliphatic hydroxyl groups is 1. The largest absolute Gasteiger partial charge is 0.448 e. The molecule has 2 heterocycles.